The monoisotopic (exact) mass is 274 g/mol. The average molecular weight is 274 g/mol. The van der Waals surface area contributed by atoms with Gasteiger partial charge in [0.1, 0.15) is 6.33 Å². The van der Waals surface area contributed by atoms with Gasteiger partial charge in [0.2, 0.25) is 5.71 Å². The van der Waals surface area contributed by atoms with Gasteiger partial charge in [-0.25, -0.2) is 9.97 Å². The molecule has 0 bridgehead atoms. The minimum atomic E-state index is 0.644. The van der Waals surface area contributed by atoms with Crippen LogP contribution in [0.4, 0.5) is 0 Å². The van der Waals surface area contributed by atoms with E-state index in [0.29, 0.717) is 5.71 Å². The largest absolute Gasteiger partial charge is 0.446 e. The Labute approximate surface area is 122 Å². The number of fused-ring (bicyclic) bond motifs is 1. The first kappa shape index (κ1) is 13.1. The Kier molecular flexibility index (Phi) is 4.03. The third-order valence-electron chi connectivity index (χ3n) is 3.01. The lowest BCUT2D eigenvalue weighted by Gasteiger charge is -1.98. The molecular formula is C18H14N2O. The number of hydrogen-bond donors (Lipinski definition) is 0. The van der Waals surface area contributed by atoms with Gasteiger partial charge in [-0.05, 0) is 17.2 Å². The third kappa shape index (κ3) is 3.34. The van der Waals surface area contributed by atoms with Gasteiger partial charge in [-0.15, -0.1) is 0 Å². The Morgan fingerprint density at radius 3 is 1.90 bits per heavy atom. The molecule has 2 heterocycles. The van der Waals surface area contributed by atoms with E-state index in [9.17, 15) is 0 Å². The molecule has 0 N–H and O–H groups in total. The van der Waals surface area contributed by atoms with Crippen LogP contribution in [-0.2, 0) is 0 Å². The maximum absolute atomic E-state index is 4.97. The summed E-state index contributed by atoms with van der Waals surface area (Å²) in [5.41, 5.74) is 3.20. The van der Waals surface area contributed by atoms with Crippen molar-refractivity contribution in [1.29, 1.82) is 0 Å². The summed E-state index contributed by atoms with van der Waals surface area (Å²) >= 11 is 0. The third-order valence-corrected chi connectivity index (χ3v) is 3.01. The fourth-order valence-corrected chi connectivity index (χ4v) is 1.97. The summed E-state index contributed by atoms with van der Waals surface area (Å²) in [7, 11) is 0. The molecule has 0 saturated carbocycles. The molecule has 4 aromatic rings. The second-order valence-corrected chi connectivity index (χ2v) is 4.44. The second kappa shape index (κ2) is 6.48. The van der Waals surface area contributed by atoms with Crippen LogP contribution in [-0.4, -0.2) is 9.97 Å². The first-order valence-corrected chi connectivity index (χ1v) is 6.67. The predicted octanol–water partition coefficient (Wildman–Crippen LogP) is 4.58. The van der Waals surface area contributed by atoms with E-state index in [1.807, 2.05) is 18.2 Å². The molecule has 0 radical (unpaired) electrons. The van der Waals surface area contributed by atoms with Gasteiger partial charge in [-0.3, -0.25) is 0 Å². The molecule has 0 saturated heterocycles. The zero-order chi connectivity index (χ0) is 14.3. The first-order valence-electron chi connectivity index (χ1n) is 6.67. The van der Waals surface area contributed by atoms with Crippen molar-refractivity contribution < 1.29 is 4.42 Å². The lowest BCUT2D eigenvalue weighted by Crippen LogP contribution is -1.73. The van der Waals surface area contributed by atoms with Crippen molar-refractivity contribution in [2.45, 2.75) is 0 Å². The first-order chi connectivity index (χ1) is 10.4. The number of aromatic nitrogens is 2. The van der Waals surface area contributed by atoms with E-state index < -0.39 is 0 Å². The standard InChI is InChI=1S/C12H10.C6H4N2O/c1-3-7-11(8-4-1)12-9-5-2-6-10-12;1-2-9-6-5(1)3-7-4-8-6/h1-10H;1-4H. The summed E-state index contributed by atoms with van der Waals surface area (Å²) in [6.07, 6.45) is 4.77. The van der Waals surface area contributed by atoms with E-state index in [4.69, 9.17) is 4.42 Å². The van der Waals surface area contributed by atoms with Gasteiger partial charge in [-0.2, -0.15) is 0 Å². The molecule has 0 spiro atoms. The van der Waals surface area contributed by atoms with Crippen LogP contribution in [0.3, 0.4) is 0 Å². The number of nitrogens with zero attached hydrogens (tertiary/aromatic N) is 2. The molecule has 102 valence electrons. The van der Waals surface area contributed by atoms with E-state index in [0.717, 1.165) is 5.39 Å². The summed E-state index contributed by atoms with van der Waals surface area (Å²) in [6.45, 7) is 0. The predicted molar refractivity (Wildman–Crippen MR) is 83.7 cm³/mol. The Morgan fingerprint density at radius 1 is 0.714 bits per heavy atom. The minimum absolute atomic E-state index is 0.644. The minimum Gasteiger partial charge on any atom is -0.446 e. The molecule has 0 aliphatic carbocycles. The summed E-state index contributed by atoms with van der Waals surface area (Å²) in [5.74, 6) is 0. The molecule has 4 rings (SSSR count). The van der Waals surface area contributed by atoms with Gasteiger partial charge in [0, 0.05) is 6.20 Å². The topological polar surface area (TPSA) is 38.9 Å². The molecule has 0 unspecified atom stereocenters. The smallest absolute Gasteiger partial charge is 0.228 e. The Hall–Kier alpha value is -2.94. The van der Waals surface area contributed by atoms with Gasteiger partial charge in [0.25, 0.3) is 0 Å². The lowest BCUT2D eigenvalue weighted by molar-refractivity contribution is 0.602. The maximum Gasteiger partial charge on any atom is 0.228 e. The number of benzene rings is 2. The van der Waals surface area contributed by atoms with Crippen LogP contribution >= 0.6 is 0 Å². The Morgan fingerprint density at radius 2 is 1.33 bits per heavy atom. The van der Waals surface area contributed by atoms with Crippen LogP contribution in [0.25, 0.3) is 22.2 Å². The van der Waals surface area contributed by atoms with Crippen LogP contribution in [0.5, 0.6) is 0 Å². The van der Waals surface area contributed by atoms with Crippen molar-refractivity contribution in [2.24, 2.45) is 0 Å². The van der Waals surface area contributed by atoms with Crippen molar-refractivity contribution in [1.82, 2.24) is 9.97 Å². The van der Waals surface area contributed by atoms with Crippen LogP contribution in [0.2, 0.25) is 0 Å². The van der Waals surface area contributed by atoms with Crippen LogP contribution in [0.15, 0.2) is 89.9 Å². The van der Waals surface area contributed by atoms with Gasteiger partial charge in [0.05, 0.1) is 11.6 Å². The van der Waals surface area contributed by atoms with Crippen molar-refractivity contribution >= 4 is 11.1 Å². The van der Waals surface area contributed by atoms with Crippen molar-refractivity contribution in [2.75, 3.05) is 0 Å². The zero-order valence-corrected chi connectivity index (χ0v) is 11.4. The van der Waals surface area contributed by atoms with Crippen molar-refractivity contribution in [3.63, 3.8) is 0 Å². The van der Waals surface area contributed by atoms with E-state index in [2.05, 4.69) is 58.5 Å². The van der Waals surface area contributed by atoms with Crippen LogP contribution < -0.4 is 0 Å². The van der Waals surface area contributed by atoms with Crippen LogP contribution in [0.1, 0.15) is 0 Å². The SMILES string of the molecule is c1ccc(-c2ccccc2)cc1.c1ncc2ccoc2n1. The van der Waals surface area contributed by atoms with Crippen molar-refractivity contribution in [3.05, 3.63) is 85.5 Å². The highest BCUT2D eigenvalue weighted by Gasteiger charge is 1.92. The fraction of sp³-hybridized carbons (Fsp3) is 0. The molecule has 0 atom stereocenters. The summed E-state index contributed by atoms with van der Waals surface area (Å²) in [4.78, 5) is 7.68. The summed E-state index contributed by atoms with van der Waals surface area (Å²) in [5, 5.41) is 0.942. The van der Waals surface area contributed by atoms with Gasteiger partial charge in [0.15, 0.2) is 0 Å². The molecule has 21 heavy (non-hydrogen) atoms. The summed E-state index contributed by atoms with van der Waals surface area (Å²) in [6, 6.07) is 22.6. The van der Waals surface area contributed by atoms with Gasteiger partial charge >= 0.3 is 0 Å². The highest BCUT2D eigenvalue weighted by molar-refractivity contribution is 5.71. The molecule has 0 aliphatic rings. The zero-order valence-electron chi connectivity index (χ0n) is 11.4. The number of rotatable bonds is 1. The molecule has 3 nitrogen and oxygen atoms in total. The molecule has 2 aromatic heterocycles. The van der Waals surface area contributed by atoms with Crippen molar-refractivity contribution in [3.8, 4) is 11.1 Å². The molecular weight excluding hydrogens is 260 g/mol. The lowest BCUT2D eigenvalue weighted by atomic mass is 10.1. The fourth-order valence-electron chi connectivity index (χ4n) is 1.97. The highest BCUT2D eigenvalue weighted by Crippen LogP contribution is 2.17. The molecule has 0 fully saturated rings. The Balaban J connectivity index is 0.000000131. The quantitative estimate of drug-likeness (QED) is 0.510. The van der Waals surface area contributed by atoms with Gasteiger partial charge < -0.3 is 4.42 Å². The van der Waals surface area contributed by atoms with E-state index >= 15 is 0 Å². The van der Waals surface area contributed by atoms with Crippen LogP contribution in [0, 0.1) is 0 Å². The molecule has 2 aromatic carbocycles. The number of furan rings is 1. The molecule has 0 aliphatic heterocycles. The summed E-state index contributed by atoms with van der Waals surface area (Å²) < 4.78 is 4.97. The second-order valence-electron chi connectivity index (χ2n) is 4.44. The molecule has 3 heteroatoms. The van der Waals surface area contributed by atoms with E-state index in [1.54, 1.807) is 12.5 Å². The number of hydrogen-bond acceptors (Lipinski definition) is 3. The molecule has 0 amide bonds. The Bertz CT molecular complexity index is 727. The van der Waals surface area contributed by atoms with E-state index in [-0.39, 0.29) is 0 Å². The normalized spacial score (nSPS) is 9.90. The highest BCUT2D eigenvalue weighted by atomic mass is 16.3. The maximum atomic E-state index is 4.97. The van der Waals surface area contributed by atoms with Gasteiger partial charge in [-0.1, -0.05) is 60.7 Å². The van der Waals surface area contributed by atoms with E-state index in [1.165, 1.54) is 17.5 Å². The average Bonchev–Trinajstić information content (AvgIpc) is 3.06.